The zero-order valence-corrected chi connectivity index (χ0v) is 8.49. The van der Waals surface area contributed by atoms with Gasteiger partial charge in [0.15, 0.2) is 0 Å². The van der Waals surface area contributed by atoms with Crippen molar-refractivity contribution in [2.45, 2.75) is 13.5 Å². The predicted molar refractivity (Wildman–Crippen MR) is 51.4 cm³/mol. The van der Waals surface area contributed by atoms with Crippen molar-refractivity contribution in [3.8, 4) is 0 Å². The summed E-state index contributed by atoms with van der Waals surface area (Å²) < 4.78 is 1.82. The van der Waals surface area contributed by atoms with E-state index < -0.39 is 0 Å². The van der Waals surface area contributed by atoms with Crippen LogP contribution in [-0.2, 0) is 13.6 Å². The van der Waals surface area contributed by atoms with Crippen molar-refractivity contribution < 1.29 is 5.11 Å². The maximum Gasteiger partial charge on any atom is 0.0638 e. The molecule has 13 heavy (non-hydrogen) atoms. The Kier molecular flexibility index (Phi) is 3.45. The van der Waals surface area contributed by atoms with E-state index in [1.54, 1.807) is 0 Å². The molecule has 1 N–H and O–H groups in total. The smallest absolute Gasteiger partial charge is 0.0638 e. The van der Waals surface area contributed by atoms with Crippen LogP contribution >= 0.6 is 0 Å². The molecule has 4 nitrogen and oxygen atoms in total. The van der Waals surface area contributed by atoms with E-state index >= 15 is 0 Å². The summed E-state index contributed by atoms with van der Waals surface area (Å²) in [4.78, 5) is 2.07. The molecule has 0 unspecified atom stereocenters. The topological polar surface area (TPSA) is 41.3 Å². The molecule has 1 aromatic heterocycles. The molecule has 0 fully saturated rings. The highest BCUT2D eigenvalue weighted by Crippen LogP contribution is 2.06. The van der Waals surface area contributed by atoms with Gasteiger partial charge in [0, 0.05) is 31.9 Å². The number of likely N-dealkylation sites (N-methyl/N-ethyl adjacent to an activating group) is 1. The van der Waals surface area contributed by atoms with E-state index in [0.717, 1.165) is 12.2 Å². The first-order valence-corrected chi connectivity index (χ1v) is 4.42. The van der Waals surface area contributed by atoms with E-state index in [1.165, 1.54) is 5.56 Å². The van der Waals surface area contributed by atoms with Gasteiger partial charge in [-0.15, -0.1) is 0 Å². The number of rotatable bonds is 4. The summed E-state index contributed by atoms with van der Waals surface area (Å²) in [7, 11) is 3.91. The Morgan fingerprint density at radius 2 is 2.31 bits per heavy atom. The Hall–Kier alpha value is -0.870. The first kappa shape index (κ1) is 10.2. The SMILES string of the molecule is Cc1nn(C)cc1CN(C)CCO. The molecule has 0 aliphatic carbocycles. The van der Waals surface area contributed by atoms with Crippen molar-refractivity contribution in [2.24, 2.45) is 7.05 Å². The van der Waals surface area contributed by atoms with Gasteiger partial charge >= 0.3 is 0 Å². The third-order valence-electron chi connectivity index (χ3n) is 2.04. The molecule has 0 aliphatic rings. The molecule has 0 saturated heterocycles. The minimum atomic E-state index is 0.204. The minimum absolute atomic E-state index is 0.204. The molecule has 4 heteroatoms. The fourth-order valence-corrected chi connectivity index (χ4v) is 1.34. The highest BCUT2D eigenvalue weighted by Gasteiger charge is 2.05. The minimum Gasteiger partial charge on any atom is -0.395 e. The van der Waals surface area contributed by atoms with Gasteiger partial charge in [-0.25, -0.2) is 0 Å². The Balaban J connectivity index is 2.57. The number of aryl methyl sites for hydroxylation is 2. The summed E-state index contributed by atoms with van der Waals surface area (Å²) in [6.45, 7) is 3.76. The number of hydrogen-bond donors (Lipinski definition) is 1. The molecule has 1 heterocycles. The summed E-state index contributed by atoms with van der Waals surface area (Å²) in [5, 5.41) is 13.0. The Labute approximate surface area is 78.8 Å². The lowest BCUT2D eigenvalue weighted by Crippen LogP contribution is -2.21. The molecule has 0 bridgehead atoms. The fourth-order valence-electron chi connectivity index (χ4n) is 1.34. The number of aliphatic hydroxyl groups is 1. The van der Waals surface area contributed by atoms with Crippen LogP contribution in [-0.4, -0.2) is 40.0 Å². The lowest BCUT2D eigenvalue weighted by molar-refractivity contribution is 0.217. The van der Waals surface area contributed by atoms with Gasteiger partial charge in [-0.2, -0.15) is 5.10 Å². The summed E-state index contributed by atoms with van der Waals surface area (Å²) >= 11 is 0. The first-order valence-electron chi connectivity index (χ1n) is 4.42. The fraction of sp³-hybridized carbons (Fsp3) is 0.667. The molecule has 0 aliphatic heterocycles. The zero-order valence-electron chi connectivity index (χ0n) is 8.49. The predicted octanol–water partition coefficient (Wildman–Crippen LogP) is 0.153. The molecule has 74 valence electrons. The molecular weight excluding hydrogens is 166 g/mol. The average Bonchev–Trinajstić information content (AvgIpc) is 2.30. The van der Waals surface area contributed by atoms with Crippen molar-refractivity contribution >= 4 is 0 Å². The van der Waals surface area contributed by atoms with Crippen LogP contribution in [0.1, 0.15) is 11.3 Å². The molecule has 0 aromatic carbocycles. The summed E-state index contributed by atoms with van der Waals surface area (Å²) in [6, 6.07) is 0. The van der Waals surface area contributed by atoms with Gasteiger partial charge < -0.3 is 5.11 Å². The number of nitrogens with zero attached hydrogens (tertiary/aromatic N) is 3. The summed E-state index contributed by atoms with van der Waals surface area (Å²) in [5.74, 6) is 0. The second-order valence-corrected chi connectivity index (χ2v) is 3.37. The maximum absolute atomic E-state index is 8.73. The van der Waals surface area contributed by atoms with Gasteiger partial charge in [0.05, 0.1) is 12.3 Å². The number of aliphatic hydroxyl groups excluding tert-OH is 1. The lowest BCUT2D eigenvalue weighted by Gasteiger charge is -2.13. The van der Waals surface area contributed by atoms with Gasteiger partial charge in [0.25, 0.3) is 0 Å². The van der Waals surface area contributed by atoms with Crippen molar-refractivity contribution in [3.05, 3.63) is 17.5 Å². The Morgan fingerprint density at radius 1 is 1.62 bits per heavy atom. The van der Waals surface area contributed by atoms with E-state index in [4.69, 9.17) is 5.11 Å². The molecule has 0 spiro atoms. The van der Waals surface area contributed by atoms with E-state index in [-0.39, 0.29) is 6.61 Å². The normalized spacial score (nSPS) is 11.2. The van der Waals surface area contributed by atoms with Crippen LogP contribution in [0.4, 0.5) is 0 Å². The van der Waals surface area contributed by atoms with Crippen LogP contribution in [0.2, 0.25) is 0 Å². The molecule has 0 saturated carbocycles. The van der Waals surface area contributed by atoms with Gasteiger partial charge in [-0.1, -0.05) is 0 Å². The zero-order chi connectivity index (χ0) is 9.84. The van der Waals surface area contributed by atoms with Gasteiger partial charge in [0.1, 0.15) is 0 Å². The van der Waals surface area contributed by atoms with Crippen LogP contribution in [0, 0.1) is 6.92 Å². The monoisotopic (exact) mass is 183 g/mol. The Bertz CT molecular complexity index is 270. The molecule has 1 aromatic rings. The van der Waals surface area contributed by atoms with Crippen molar-refractivity contribution in [1.29, 1.82) is 0 Å². The molecular formula is C9H17N3O. The largest absolute Gasteiger partial charge is 0.395 e. The van der Waals surface area contributed by atoms with E-state index in [1.807, 2.05) is 31.9 Å². The van der Waals surface area contributed by atoms with Crippen LogP contribution in [0.3, 0.4) is 0 Å². The van der Waals surface area contributed by atoms with Gasteiger partial charge in [0.2, 0.25) is 0 Å². The van der Waals surface area contributed by atoms with Crippen molar-refractivity contribution in [3.63, 3.8) is 0 Å². The lowest BCUT2D eigenvalue weighted by atomic mass is 10.2. The van der Waals surface area contributed by atoms with Crippen LogP contribution in [0.5, 0.6) is 0 Å². The van der Waals surface area contributed by atoms with Crippen LogP contribution in [0.15, 0.2) is 6.20 Å². The third-order valence-corrected chi connectivity index (χ3v) is 2.04. The van der Waals surface area contributed by atoms with Crippen molar-refractivity contribution in [2.75, 3.05) is 20.2 Å². The summed E-state index contributed by atoms with van der Waals surface area (Å²) in [5.41, 5.74) is 2.28. The number of hydrogen-bond acceptors (Lipinski definition) is 3. The van der Waals surface area contributed by atoms with Gasteiger partial charge in [-0.3, -0.25) is 9.58 Å². The first-order chi connectivity index (χ1) is 6.13. The summed E-state index contributed by atoms with van der Waals surface area (Å²) in [6.07, 6.45) is 2.02. The second-order valence-electron chi connectivity index (χ2n) is 3.37. The van der Waals surface area contributed by atoms with Crippen LogP contribution in [0.25, 0.3) is 0 Å². The van der Waals surface area contributed by atoms with E-state index in [2.05, 4.69) is 10.00 Å². The molecule has 1 rings (SSSR count). The number of aromatic nitrogens is 2. The quantitative estimate of drug-likeness (QED) is 0.722. The highest BCUT2D eigenvalue weighted by molar-refractivity contribution is 5.14. The Morgan fingerprint density at radius 3 is 2.77 bits per heavy atom. The molecule has 0 radical (unpaired) electrons. The average molecular weight is 183 g/mol. The van der Waals surface area contributed by atoms with Gasteiger partial charge in [-0.05, 0) is 14.0 Å². The molecule has 0 atom stereocenters. The van der Waals surface area contributed by atoms with Crippen LogP contribution < -0.4 is 0 Å². The van der Waals surface area contributed by atoms with Crippen molar-refractivity contribution in [1.82, 2.24) is 14.7 Å². The molecule has 0 amide bonds. The van der Waals surface area contributed by atoms with E-state index in [9.17, 15) is 0 Å². The highest BCUT2D eigenvalue weighted by atomic mass is 16.3. The standard InChI is InChI=1S/C9H17N3O/c1-8-9(7-12(3)10-8)6-11(2)4-5-13/h7,13H,4-6H2,1-3H3. The second kappa shape index (κ2) is 4.39. The maximum atomic E-state index is 8.73. The van der Waals surface area contributed by atoms with E-state index in [0.29, 0.717) is 6.54 Å². The third kappa shape index (κ3) is 2.82.